The van der Waals surface area contributed by atoms with Crippen LogP contribution >= 0.6 is 0 Å². The summed E-state index contributed by atoms with van der Waals surface area (Å²) in [4.78, 5) is 49.6. The van der Waals surface area contributed by atoms with Gasteiger partial charge in [-0.2, -0.15) is 0 Å². The lowest BCUT2D eigenvalue weighted by Gasteiger charge is -2.31. The van der Waals surface area contributed by atoms with Crippen LogP contribution in [0.5, 0.6) is 0 Å². The molecule has 1 fully saturated rings. The van der Waals surface area contributed by atoms with Crippen LogP contribution in [0.4, 0.5) is 0 Å². The van der Waals surface area contributed by atoms with Crippen LogP contribution in [-0.2, 0) is 38.1 Å². The van der Waals surface area contributed by atoms with Gasteiger partial charge < -0.3 is 18.9 Å². The topological polar surface area (TPSA) is 105 Å². The molecule has 0 saturated carbocycles. The maximum absolute atomic E-state index is 12.4. The second-order valence-electron chi connectivity index (χ2n) is 9.84. The van der Waals surface area contributed by atoms with Crippen molar-refractivity contribution in [2.24, 2.45) is 21.7 Å². The Labute approximate surface area is 166 Å². The zero-order valence-corrected chi connectivity index (χ0v) is 18.1. The molecular formula is C20H32O8. The lowest BCUT2D eigenvalue weighted by atomic mass is 9.91. The van der Waals surface area contributed by atoms with Gasteiger partial charge in [-0.15, -0.1) is 0 Å². The number of hydrogen-bond donors (Lipinski definition) is 0. The van der Waals surface area contributed by atoms with Gasteiger partial charge in [-0.1, -0.05) is 0 Å². The zero-order valence-electron chi connectivity index (χ0n) is 18.1. The average Bonchev–Trinajstić information content (AvgIpc) is 2.59. The third-order valence-corrected chi connectivity index (χ3v) is 4.47. The van der Waals surface area contributed by atoms with Gasteiger partial charge in [0.25, 0.3) is 0 Å². The molecule has 0 bridgehead atoms. The highest BCUT2D eigenvalue weighted by molar-refractivity contribution is 5.81. The van der Waals surface area contributed by atoms with Gasteiger partial charge in [0, 0.05) is 0 Å². The molecule has 0 spiro atoms. The summed E-state index contributed by atoms with van der Waals surface area (Å²) in [6.45, 7) is 11.8. The summed E-state index contributed by atoms with van der Waals surface area (Å²) >= 11 is 0. The van der Waals surface area contributed by atoms with Crippen molar-refractivity contribution in [3.63, 3.8) is 0 Å². The summed E-state index contributed by atoms with van der Waals surface area (Å²) in [5, 5.41) is 0. The van der Waals surface area contributed by atoms with Crippen LogP contribution in [0.2, 0.25) is 0 Å². The van der Waals surface area contributed by atoms with Crippen molar-refractivity contribution < 1.29 is 38.1 Å². The summed E-state index contributed by atoms with van der Waals surface area (Å²) in [5.41, 5.74) is -4.44. The van der Waals surface area contributed by atoms with Crippen molar-refractivity contribution in [1.82, 2.24) is 0 Å². The van der Waals surface area contributed by atoms with Crippen molar-refractivity contribution in [3.8, 4) is 0 Å². The average molecular weight is 400 g/mol. The highest BCUT2D eigenvalue weighted by atomic mass is 16.6. The number of hydrogen-bond acceptors (Lipinski definition) is 8. The smallest absolute Gasteiger partial charge is 0.315 e. The molecule has 0 N–H and O–H groups in total. The first-order valence-electron chi connectivity index (χ1n) is 9.20. The van der Waals surface area contributed by atoms with E-state index < -0.39 is 45.5 Å². The van der Waals surface area contributed by atoms with Gasteiger partial charge in [0.1, 0.15) is 26.4 Å². The fourth-order valence-corrected chi connectivity index (χ4v) is 2.00. The highest BCUT2D eigenvalue weighted by Crippen LogP contribution is 2.28. The largest absolute Gasteiger partial charge is 0.464 e. The lowest BCUT2D eigenvalue weighted by molar-refractivity contribution is -0.178. The third kappa shape index (κ3) is 5.94. The number of esters is 4. The van der Waals surface area contributed by atoms with E-state index in [-0.39, 0.29) is 26.4 Å². The molecule has 0 amide bonds. The van der Waals surface area contributed by atoms with Crippen LogP contribution in [0, 0.1) is 21.7 Å². The van der Waals surface area contributed by atoms with E-state index in [1.54, 1.807) is 55.4 Å². The van der Waals surface area contributed by atoms with Gasteiger partial charge >= 0.3 is 23.9 Å². The molecular weight excluding hydrogens is 368 g/mol. The Kier molecular flexibility index (Phi) is 6.91. The predicted molar refractivity (Wildman–Crippen MR) is 99.0 cm³/mol. The van der Waals surface area contributed by atoms with Gasteiger partial charge in [-0.05, 0) is 55.4 Å². The molecule has 1 heterocycles. The molecule has 0 aromatic rings. The Morgan fingerprint density at radius 1 is 0.429 bits per heavy atom. The van der Waals surface area contributed by atoms with Crippen molar-refractivity contribution in [2.75, 3.05) is 26.4 Å². The quantitative estimate of drug-likeness (QED) is 0.450. The number of carbonyl (C=O) groups excluding carboxylic acids is 4. The highest BCUT2D eigenvalue weighted by Gasteiger charge is 2.41. The Morgan fingerprint density at radius 3 is 0.714 bits per heavy atom. The van der Waals surface area contributed by atoms with Crippen molar-refractivity contribution >= 4 is 23.9 Å². The van der Waals surface area contributed by atoms with Crippen LogP contribution in [0.1, 0.15) is 55.4 Å². The van der Waals surface area contributed by atoms with E-state index in [0.29, 0.717) is 0 Å². The molecule has 0 aromatic carbocycles. The minimum absolute atomic E-state index is 0.210. The number of cyclic esters (lactones) is 4. The Morgan fingerprint density at radius 2 is 0.571 bits per heavy atom. The summed E-state index contributed by atoms with van der Waals surface area (Å²) < 4.78 is 21.1. The standard InChI is InChI=1S/C20H32O8/c1-17(2)9-25-14(22)19(5,6)11-27-16(24)20(7,8)12-28-15(23)18(3,4)10-26-13(17)21/h9-12H2,1-8H3. The molecule has 0 radical (unpaired) electrons. The first kappa shape index (κ1) is 23.9. The van der Waals surface area contributed by atoms with E-state index in [2.05, 4.69) is 0 Å². The van der Waals surface area contributed by atoms with Crippen molar-refractivity contribution in [3.05, 3.63) is 0 Å². The molecule has 0 unspecified atom stereocenters. The predicted octanol–water partition coefficient (Wildman–Crippen LogP) is 2.28. The van der Waals surface area contributed by atoms with E-state index in [0.717, 1.165) is 0 Å². The summed E-state index contributed by atoms with van der Waals surface area (Å²) in [6, 6.07) is 0. The molecule has 8 nitrogen and oxygen atoms in total. The minimum Gasteiger partial charge on any atom is -0.464 e. The number of carbonyl (C=O) groups is 4. The summed E-state index contributed by atoms with van der Waals surface area (Å²) in [6.07, 6.45) is 0. The fraction of sp³-hybridized carbons (Fsp3) is 0.800. The van der Waals surface area contributed by atoms with E-state index >= 15 is 0 Å². The van der Waals surface area contributed by atoms with Crippen LogP contribution < -0.4 is 0 Å². The van der Waals surface area contributed by atoms with Gasteiger partial charge in [-0.3, -0.25) is 19.2 Å². The van der Waals surface area contributed by atoms with Gasteiger partial charge in [0.15, 0.2) is 0 Å². The second kappa shape index (κ2) is 8.09. The van der Waals surface area contributed by atoms with Crippen LogP contribution in [0.3, 0.4) is 0 Å². The summed E-state index contributed by atoms with van der Waals surface area (Å²) in [5.74, 6) is -2.40. The van der Waals surface area contributed by atoms with Gasteiger partial charge in [0.05, 0.1) is 21.7 Å². The molecule has 28 heavy (non-hydrogen) atoms. The molecule has 160 valence electrons. The maximum atomic E-state index is 12.4. The molecule has 1 aliphatic rings. The maximum Gasteiger partial charge on any atom is 0.315 e. The normalized spacial score (nSPS) is 25.7. The third-order valence-electron chi connectivity index (χ3n) is 4.47. The lowest BCUT2D eigenvalue weighted by Crippen LogP contribution is -2.42. The number of ether oxygens (including phenoxy) is 4. The molecule has 0 aliphatic carbocycles. The van der Waals surface area contributed by atoms with E-state index in [4.69, 9.17) is 18.9 Å². The van der Waals surface area contributed by atoms with Crippen LogP contribution in [0.15, 0.2) is 0 Å². The van der Waals surface area contributed by atoms with E-state index in [1.165, 1.54) is 0 Å². The molecule has 1 aliphatic heterocycles. The Hall–Kier alpha value is -2.12. The Bertz CT molecular complexity index is 531. The van der Waals surface area contributed by atoms with E-state index in [9.17, 15) is 19.2 Å². The van der Waals surface area contributed by atoms with E-state index in [1.807, 2.05) is 0 Å². The van der Waals surface area contributed by atoms with Crippen molar-refractivity contribution in [1.29, 1.82) is 0 Å². The minimum atomic E-state index is -1.11. The second-order valence-corrected chi connectivity index (χ2v) is 9.84. The molecule has 0 atom stereocenters. The molecule has 0 aromatic heterocycles. The van der Waals surface area contributed by atoms with Crippen LogP contribution in [-0.4, -0.2) is 50.3 Å². The first-order chi connectivity index (χ1) is 12.5. The first-order valence-corrected chi connectivity index (χ1v) is 9.20. The SMILES string of the molecule is CC1(C)COC(=O)C(C)(C)COC(=O)C(C)(C)COC(=O)C(C)(C)COC1=O. The molecule has 1 saturated heterocycles. The summed E-state index contributed by atoms with van der Waals surface area (Å²) in [7, 11) is 0. The Balaban J connectivity index is 3.11. The zero-order chi connectivity index (χ0) is 22.0. The molecule has 1 rings (SSSR count). The number of rotatable bonds is 0. The fourth-order valence-electron chi connectivity index (χ4n) is 2.00. The van der Waals surface area contributed by atoms with Crippen LogP contribution in [0.25, 0.3) is 0 Å². The van der Waals surface area contributed by atoms with Crippen molar-refractivity contribution in [2.45, 2.75) is 55.4 Å². The van der Waals surface area contributed by atoms with Gasteiger partial charge in [-0.25, -0.2) is 0 Å². The monoisotopic (exact) mass is 400 g/mol. The van der Waals surface area contributed by atoms with Gasteiger partial charge in [0.2, 0.25) is 0 Å². The molecule has 8 heteroatoms.